The third-order valence-corrected chi connectivity index (χ3v) is 5.71. The van der Waals surface area contributed by atoms with Crippen LogP contribution in [-0.2, 0) is 11.3 Å². The fourth-order valence-electron chi connectivity index (χ4n) is 2.12. The van der Waals surface area contributed by atoms with Gasteiger partial charge >= 0.3 is 5.97 Å². The van der Waals surface area contributed by atoms with Gasteiger partial charge in [0, 0.05) is 18.3 Å². The van der Waals surface area contributed by atoms with Crippen molar-refractivity contribution in [3.05, 3.63) is 37.4 Å². The van der Waals surface area contributed by atoms with Crippen LogP contribution >= 0.6 is 58.2 Å². The van der Waals surface area contributed by atoms with E-state index >= 15 is 0 Å². The number of carbonyl (C=O) groups is 1. The van der Waals surface area contributed by atoms with Crippen molar-refractivity contribution in [1.29, 1.82) is 0 Å². The highest BCUT2D eigenvalue weighted by Crippen LogP contribution is 2.46. The molecule has 2 aromatic rings. The Morgan fingerprint density at radius 2 is 1.81 bits per heavy atom. The number of benzene rings is 1. The second-order valence-corrected chi connectivity index (χ2v) is 7.25. The van der Waals surface area contributed by atoms with Crippen LogP contribution in [0.25, 0.3) is 0 Å². The summed E-state index contributed by atoms with van der Waals surface area (Å²) in [5.41, 5.74) is 0.626. The number of ether oxygens (including phenoxy) is 2. The lowest BCUT2D eigenvalue weighted by Gasteiger charge is -2.16. The summed E-state index contributed by atoms with van der Waals surface area (Å²) >= 11 is 26.3. The lowest BCUT2D eigenvalue weighted by molar-refractivity contribution is 0.0526. The standard InChI is InChI=1S/C16H15Cl4N3O3S/c1-4-26-15(24)8-6-22-16(27-3)23-14(8)21-5-7-9(17)11(19)13(25-2)12(20)10(7)18/h6H,4-5H2,1-3H3,(H,21,22,23). The number of esters is 1. The fourth-order valence-corrected chi connectivity index (χ4v) is 3.62. The number of rotatable bonds is 7. The Balaban J connectivity index is 2.40. The monoisotopic (exact) mass is 469 g/mol. The summed E-state index contributed by atoms with van der Waals surface area (Å²) in [5.74, 6) is -0.0744. The van der Waals surface area contributed by atoms with Crippen LogP contribution in [0.4, 0.5) is 5.82 Å². The van der Waals surface area contributed by atoms with Crippen LogP contribution in [0.5, 0.6) is 5.75 Å². The van der Waals surface area contributed by atoms with Crippen LogP contribution < -0.4 is 10.1 Å². The second-order valence-electron chi connectivity index (χ2n) is 4.96. The second kappa shape index (κ2) is 9.89. The molecule has 0 saturated carbocycles. The maximum absolute atomic E-state index is 12.1. The molecule has 0 aliphatic rings. The molecule has 6 nitrogen and oxygen atoms in total. The molecule has 1 N–H and O–H groups in total. The molecule has 0 fully saturated rings. The fraction of sp³-hybridized carbons (Fsp3) is 0.312. The molecule has 146 valence electrons. The molecule has 0 atom stereocenters. The normalized spacial score (nSPS) is 10.6. The third kappa shape index (κ3) is 4.84. The summed E-state index contributed by atoms with van der Waals surface area (Å²) in [5, 5.41) is 4.16. The topological polar surface area (TPSA) is 73.3 Å². The minimum Gasteiger partial charge on any atom is -0.494 e. The summed E-state index contributed by atoms with van der Waals surface area (Å²) < 4.78 is 10.2. The summed E-state index contributed by atoms with van der Waals surface area (Å²) in [7, 11) is 1.41. The van der Waals surface area contributed by atoms with E-state index < -0.39 is 5.97 Å². The van der Waals surface area contributed by atoms with Crippen molar-refractivity contribution in [2.24, 2.45) is 0 Å². The van der Waals surface area contributed by atoms with Gasteiger partial charge < -0.3 is 14.8 Å². The molecule has 2 rings (SSSR count). The first-order valence-electron chi connectivity index (χ1n) is 7.56. The van der Waals surface area contributed by atoms with Gasteiger partial charge in [-0.05, 0) is 13.2 Å². The Labute approximate surface area is 180 Å². The van der Waals surface area contributed by atoms with Gasteiger partial charge in [-0.1, -0.05) is 58.2 Å². The first-order chi connectivity index (χ1) is 12.8. The smallest absolute Gasteiger partial charge is 0.343 e. The van der Waals surface area contributed by atoms with E-state index in [-0.39, 0.29) is 50.4 Å². The lowest BCUT2D eigenvalue weighted by Crippen LogP contribution is -2.13. The Hall–Kier alpha value is -1.12. The zero-order valence-corrected chi connectivity index (χ0v) is 18.4. The minimum absolute atomic E-state index is 0.109. The molecule has 11 heteroatoms. The number of halogens is 4. The molecule has 0 bridgehead atoms. The Morgan fingerprint density at radius 3 is 2.33 bits per heavy atom. The molecule has 1 aromatic carbocycles. The SMILES string of the molecule is CCOC(=O)c1cnc(SC)nc1NCc1c(Cl)c(Cl)c(OC)c(Cl)c1Cl. The summed E-state index contributed by atoms with van der Waals surface area (Å²) in [6.45, 7) is 2.05. The van der Waals surface area contributed by atoms with Crippen molar-refractivity contribution in [3.63, 3.8) is 0 Å². The number of hydrogen-bond donors (Lipinski definition) is 1. The molecule has 0 amide bonds. The molecular weight excluding hydrogens is 456 g/mol. The molecule has 27 heavy (non-hydrogen) atoms. The highest BCUT2D eigenvalue weighted by Gasteiger charge is 2.22. The van der Waals surface area contributed by atoms with Gasteiger partial charge in [0.2, 0.25) is 0 Å². The minimum atomic E-state index is -0.546. The highest BCUT2D eigenvalue weighted by molar-refractivity contribution is 7.98. The van der Waals surface area contributed by atoms with Gasteiger partial charge in [-0.3, -0.25) is 0 Å². The maximum Gasteiger partial charge on any atom is 0.343 e. The van der Waals surface area contributed by atoms with E-state index in [1.165, 1.54) is 25.1 Å². The number of nitrogens with one attached hydrogen (secondary N) is 1. The quantitative estimate of drug-likeness (QED) is 0.244. The first-order valence-corrected chi connectivity index (χ1v) is 10.3. The van der Waals surface area contributed by atoms with Gasteiger partial charge in [0.15, 0.2) is 10.9 Å². The summed E-state index contributed by atoms with van der Waals surface area (Å²) in [4.78, 5) is 20.6. The van der Waals surface area contributed by atoms with Crippen LogP contribution in [0.2, 0.25) is 20.1 Å². The van der Waals surface area contributed by atoms with Gasteiger partial charge in [-0.15, -0.1) is 0 Å². The number of aromatic nitrogens is 2. The van der Waals surface area contributed by atoms with Crippen molar-refractivity contribution < 1.29 is 14.3 Å². The van der Waals surface area contributed by atoms with Crippen LogP contribution in [0, 0.1) is 0 Å². The predicted octanol–water partition coefficient (Wildman–Crippen LogP) is 5.61. The van der Waals surface area contributed by atoms with E-state index in [9.17, 15) is 4.79 Å². The molecule has 0 aliphatic heterocycles. The molecule has 1 heterocycles. The number of anilines is 1. The van der Waals surface area contributed by atoms with Crippen LogP contribution in [-0.4, -0.2) is 35.9 Å². The van der Waals surface area contributed by atoms with E-state index in [4.69, 9.17) is 55.9 Å². The third-order valence-electron chi connectivity index (χ3n) is 3.40. The van der Waals surface area contributed by atoms with E-state index in [1.807, 2.05) is 6.26 Å². The molecule has 0 radical (unpaired) electrons. The van der Waals surface area contributed by atoms with Crippen molar-refractivity contribution in [3.8, 4) is 5.75 Å². The Bertz CT molecular complexity index is 838. The zero-order chi connectivity index (χ0) is 20.1. The van der Waals surface area contributed by atoms with Gasteiger partial charge in [0.25, 0.3) is 0 Å². The Kier molecular flexibility index (Phi) is 8.12. The zero-order valence-electron chi connectivity index (χ0n) is 14.5. The molecule has 0 unspecified atom stereocenters. The van der Waals surface area contributed by atoms with Crippen molar-refractivity contribution in [2.45, 2.75) is 18.6 Å². The average Bonchev–Trinajstić information content (AvgIpc) is 2.67. The van der Waals surface area contributed by atoms with Crippen molar-refractivity contribution >= 4 is 70.0 Å². The highest BCUT2D eigenvalue weighted by atomic mass is 35.5. The van der Waals surface area contributed by atoms with Gasteiger partial charge in [-0.25, -0.2) is 14.8 Å². The van der Waals surface area contributed by atoms with Crippen molar-refractivity contribution in [2.75, 3.05) is 25.3 Å². The largest absolute Gasteiger partial charge is 0.494 e. The lowest BCUT2D eigenvalue weighted by atomic mass is 10.2. The number of methoxy groups -OCH3 is 1. The molecular formula is C16H15Cl4N3O3S. The van der Waals surface area contributed by atoms with Crippen LogP contribution in [0.1, 0.15) is 22.8 Å². The van der Waals surface area contributed by atoms with Crippen LogP contribution in [0.15, 0.2) is 11.4 Å². The number of hydrogen-bond acceptors (Lipinski definition) is 7. The number of thioether (sulfide) groups is 1. The average molecular weight is 471 g/mol. The summed E-state index contributed by atoms with van der Waals surface area (Å²) in [6, 6.07) is 0. The molecule has 1 aromatic heterocycles. The predicted molar refractivity (Wildman–Crippen MR) is 110 cm³/mol. The molecule has 0 spiro atoms. The van der Waals surface area contributed by atoms with Crippen molar-refractivity contribution in [1.82, 2.24) is 9.97 Å². The molecule has 0 saturated heterocycles. The van der Waals surface area contributed by atoms with E-state index in [1.54, 1.807) is 6.92 Å². The molecule has 0 aliphatic carbocycles. The van der Waals surface area contributed by atoms with Gasteiger partial charge in [0.05, 0.1) is 23.8 Å². The number of nitrogens with zero attached hydrogens (tertiary/aromatic N) is 2. The summed E-state index contributed by atoms with van der Waals surface area (Å²) in [6.07, 6.45) is 3.22. The Morgan fingerprint density at radius 1 is 1.19 bits per heavy atom. The van der Waals surface area contributed by atoms with Crippen LogP contribution in [0.3, 0.4) is 0 Å². The maximum atomic E-state index is 12.1. The van der Waals surface area contributed by atoms with Gasteiger partial charge in [0.1, 0.15) is 21.4 Å². The van der Waals surface area contributed by atoms with E-state index in [0.29, 0.717) is 10.7 Å². The van der Waals surface area contributed by atoms with E-state index in [0.717, 1.165) is 0 Å². The first kappa shape index (κ1) is 22.2. The van der Waals surface area contributed by atoms with E-state index in [2.05, 4.69) is 15.3 Å². The number of carbonyl (C=O) groups excluding carboxylic acids is 1. The van der Waals surface area contributed by atoms with Gasteiger partial charge in [-0.2, -0.15) is 0 Å².